The van der Waals surface area contributed by atoms with Crippen molar-refractivity contribution < 1.29 is 22.9 Å². The highest BCUT2D eigenvalue weighted by molar-refractivity contribution is 7.84. The summed E-state index contributed by atoms with van der Waals surface area (Å²) in [5.41, 5.74) is -0.803. The molecule has 7 heteroatoms. The van der Waals surface area contributed by atoms with Crippen molar-refractivity contribution in [3.05, 3.63) is 29.3 Å². The van der Waals surface area contributed by atoms with Gasteiger partial charge in [-0.05, 0) is 18.6 Å². The molecule has 1 rings (SSSR count). The monoisotopic (exact) mass is 291 g/mol. The van der Waals surface area contributed by atoms with Gasteiger partial charge in [0.15, 0.2) is 0 Å². The zero-order valence-electron chi connectivity index (χ0n) is 10.6. The zero-order chi connectivity index (χ0) is 14.6. The summed E-state index contributed by atoms with van der Waals surface area (Å²) in [6.45, 7) is 2.03. The van der Waals surface area contributed by atoms with Crippen molar-refractivity contribution >= 4 is 22.5 Å². The fraction of sp³-hybridized carbons (Fsp3) is 0.417. The first-order valence-corrected chi connectivity index (χ1v) is 7.23. The number of benzene rings is 1. The summed E-state index contributed by atoms with van der Waals surface area (Å²) < 4.78 is 38.2. The van der Waals surface area contributed by atoms with Crippen LogP contribution in [0.3, 0.4) is 0 Å². The lowest BCUT2D eigenvalue weighted by molar-refractivity contribution is 0.0696. The number of aromatic carboxylic acids is 1. The minimum atomic E-state index is -1.39. The fourth-order valence-corrected chi connectivity index (χ4v) is 1.88. The molecule has 1 aromatic rings. The van der Waals surface area contributed by atoms with Gasteiger partial charge in [0.2, 0.25) is 0 Å². The summed E-state index contributed by atoms with van der Waals surface area (Å²) in [6, 6.07) is 1.52. The van der Waals surface area contributed by atoms with Gasteiger partial charge in [-0.15, -0.1) is 0 Å². The van der Waals surface area contributed by atoms with E-state index < -0.39 is 34.0 Å². The molecule has 0 aromatic heterocycles. The van der Waals surface area contributed by atoms with Crippen molar-refractivity contribution in [1.82, 2.24) is 0 Å². The maximum absolute atomic E-state index is 13.5. The van der Waals surface area contributed by atoms with Crippen molar-refractivity contribution in [2.45, 2.75) is 18.6 Å². The third kappa shape index (κ3) is 4.27. The van der Waals surface area contributed by atoms with Crippen LogP contribution in [0.15, 0.2) is 12.1 Å². The standard InChI is InChI=1S/C12H15F2NO3S/c1-7(19(2)18)3-4-15-11-9(13)5-8(12(16)17)6-10(11)14/h5-7,15H,3-4H2,1-2H3,(H,16,17). The molecular weight excluding hydrogens is 276 g/mol. The SMILES string of the molecule is CC(CCNc1c(F)cc(C(=O)O)cc1F)S(C)=O. The van der Waals surface area contributed by atoms with Gasteiger partial charge in [-0.2, -0.15) is 0 Å². The summed E-state index contributed by atoms with van der Waals surface area (Å²) in [4.78, 5) is 10.6. The molecule has 0 aliphatic rings. The molecule has 0 spiro atoms. The Labute approximate surface area is 112 Å². The number of hydrogen-bond acceptors (Lipinski definition) is 3. The molecule has 0 saturated heterocycles. The van der Waals surface area contributed by atoms with E-state index in [0.29, 0.717) is 6.42 Å². The van der Waals surface area contributed by atoms with Gasteiger partial charge in [-0.1, -0.05) is 6.92 Å². The van der Waals surface area contributed by atoms with Gasteiger partial charge in [0.05, 0.1) is 5.56 Å². The minimum absolute atomic E-state index is 0.0862. The molecule has 0 radical (unpaired) electrons. The van der Waals surface area contributed by atoms with Crippen LogP contribution in [0.25, 0.3) is 0 Å². The number of halogens is 2. The fourth-order valence-electron chi connectivity index (χ4n) is 1.43. The Morgan fingerprint density at radius 3 is 2.37 bits per heavy atom. The van der Waals surface area contributed by atoms with Crippen molar-refractivity contribution in [3.8, 4) is 0 Å². The van der Waals surface area contributed by atoms with E-state index in [1.807, 2.05) is 0 Å². The molecule has 2 atom stereocenters. The predicted octanol–water partition coefficient (Wildman–Crippen LogP) is 2.23. The molecule has 2 N–H and O–H groups in total. The van der Waals surface area contributed by atoms with Crippen LogP contribution >= 0.6 is 0 Å². The first-order valence-electron chi connectivity index (χ1n) is 5.61. The van der Waals surface area contributed by atoms with E-state index in [2.05, 4.69) is 5.32 Å². The van der Waals surface area contributed by atoms with Gasteiger partial charge in [-0.25, -0.2) is 13.6 Å². The first kappa shape index (κ1) is 15.6. The van der Waals surface area contributed by atoms with E-state index in [0.717, 1.165) is 12.1 Å². The summed E-state index contributed by atoms with van der Waals surface area (Å²) >= 11 is 0. The predicted molar refractivity (Wildman–Crippen MR) is 70.0 cm³/mol. The molecule has 0 amide bonds. The van der Waals surface area contributed by atoms with Crippen molar-refractivity contribution in [1.29, 1.82) is 0 Å². The number of nitrogens with one attached hydrogen (secondary N) is 1. The van der Waals surface area contributed by atoms with Crippen LogP contribution in [-0.2, 0) is 10.8 Å². The Bertz CT molecular complexity index is 485. The molecule has 0 aliphatic heterocycles. The molecule has 0 aliphatic carbocycles. The summed E-state index contributed by atoms with van der Waals surface area (Å²) in [7, 11) is -0.994. The Morgan fingerprint density at radius 1 is 1.42 bits per heavy atom. The lowest BCUT2D eigenvalue weighted by Gasteiger charge is -2.12. The lowest BCUT2D eigenvalue weighted by Crippen LogP contribution is -2.16. The third-order valence-corrected chi connectivity index (χ3v) is 4.08. The van der Waals surface area contributed by atoms with E-state index in [-0.39, 0.29) is 17.5 Å². The zero-order valence-corrected chi connectivity index (χ0v) is 11.4. The number of carboxylic acids is 1. The van der Waals surface area contributed by atoms with E-state index in [1.165, 1.54) is 0 Å². The van der Waals surface area contributed by atoms with Gasteiger partial charge in [0, 0.05) is 28.9 Å². The average Bonchev–Trinajstić information content (AvgIpc) is 2.31. The summed E-state index contributed by atoms with van der Waals surface area (Å²) in [5.74, 6) is -3.30. The number of rotatable bonds is 6. The van der Waals surface area contributed by atoms with E-state index >= 15 is 0 Å². The molecule has 0 heterocycles. The highest BCUT2D eigenvalue weighted by Crippen LogP contribution is 2.21. The van der Waals surface area contributed by atoms with E-state index in [4.69, 9.17) is 5.11 Å². The summed E-state index contributed by atoms with van der Waals surface area (Å²) in [6.07, 6.45) is 2.05. The highest BCUT2D eigenvalue weighted by atomic mass is 32.2. The molecule has 4 nitrogen and oxygen atoms in total. The number of carboxylic acid groups (broad SMARTS) is 1. The maximum Gasteiger partial charge on any atom is 0.335 e. The second kappa shape index (κ2) is 6.60. The van der Waals surface area contributed by atoms with Gasteiger partial charge < -0.3 is 10.4 Å². The van der Waals surface area contributed by atoms with Gasteiger partial charge in [-0.3, -0.25) is 4.21 Å². The minimum Gasteiger partial charge on any atom is -0.478 e. The quantitative estimate of drug-likeness (QED) is 0.843. The second-order valence-electron chi connectivity index (χ2n) is 4.14. The van der Waals surface area contributed by atoms with Gasteiger partial charge in [0.1, 0.15) is 17.3 Å². The Morgan fingerprint density at radius 2 is 1.95 bits per heavy atom. The molecule has 2 unspecified atom stereocenters. The molecule has 0 saturated carbocycles. The molecule has 19 heavy (non-hydrogen) atoms. The lowest BCUT2D eigenvalue weighted by atomic mass is 10.2. The average molecular weight is 291 g/mol. The number of hydrogen-bond donors (Lipinski definition) is 2. The molecular formula is C12H15F2NO3S. The number of carbonyl (C=O) groups is 1. The van der Waals surface area contributed by atoms with Crippen LogP contribution in [0, 0.1) is 11.6 Å². The van der Waals surface area contributed by atoms with Crippen molar-refractivity contribution in [3.63, 3.8) is 0 Å². The van der Waals surface area contributed by atoms with Gasteiger partial charge in [0.25, 0.3) is 0 Å². The van der Waals surface area contributed by atoms with E-state index in [9.17, 15) is 17.8 Å². The van der Waals surface area contributed by atoms with Crippen LogP contribution in [0.4, 0.5) is 14.5 Å². The molecule has 1 aromatic carbocycles. The topological polar surface area (TPSA) is 66.4 Å². The van der Waals surface area contributed by atoms with Crippen LogP contribution in [0.1, 0.15) is 23.7 Å². The highest BCUT2D eigenvalue weighted by Gasteiger charge is 2.15. The normalized spacial score (nSPS) is 13.9. The second-order valence-corrected chi connectivity index (χ2v) is 5.95. The van der Waals surface area contributed by atoms with Crippen LogP contribution in [-0.4, -0.2) is 33.3 Å². The van der Waals surface area contributed by atoms with Gasteiger partial charge >= 0.3 is 5.97 Å². The van der Waals surface area contributed by atoms with Crippen molar-refractivity contribution in [2.24, 2.45) is 0 Å². The molecule has 0 fully saturated rings. The summed E-state index contributed by atoms with van der Waals surface area (Å²) in [5, 5.41) is 11.1. The van der Waals surface area contributed by atoms with Crippen molar-refractivity contribution in [2.75, 3.05) is 18.1 Å². The van der Waals surface area contributed by atoms with Crippen LogP contribution in [0.2, 0.25) is 0 Å². The molecule has 0 bridgehead atoms. The van der Waals surface area contributed by atoms with Crippen LogP contribution < -0.4 is 5.32 Å². The number of anilines is 1. The maximum atomic E-state index is 13.5. The largest absolute Gasteiger partial charge is 0.478 e. The third-order valence-electron chi connectivity index (χ3n) is 2.71. The Balaban J connectivity index is 2.74. The smallest absolute Gasteiger partial charge is 0.335 e. The van der Waals surface area contributed by atoms with E-state index in [1.54, 1.807) is 13.2 Å². The molecule has 106 valence electrons. The Hall–Kier alpha value is -1.50. The first-order chi connectivity index (χ1) is 8.82. The Kier molecular flexibility index (Phi) is 5.41. The van der Waals surface area contributed by atoms with Crippen LogP contribution in [0.5, 0.6) is 0 Å².